The van der Waals surface area contributed by atoms with Crippen molar-refractivity contribution in [3.05, 3.63) is 78.3 Å². The Kier molecular flexibility index (Phi) is 4.30. The van der Waals surface area contributed by atoms with Gasteiger partial charge < -0.3 is 14.4 Å². The molecule has 134 valence electrons. The summed E-state index contributed by atoms with van der Waals surface area (Å²) in [6.07, 6.45) is 3.61. The van der Waals surface area contributed by atoms with Crippen LogP contribution in [-0.4, -0.2) is 20.6 Å². The van der Waals surface area contributed by atoms with E-state index >= 15 is 0 Å². The second-order valence-electron chi connectivity index (χ2n) is 6.34. The highest BCUT2D eigenvalue weighted by Gasteiger charge is 2.15. The summed E-state index contributed by atoms with van der Waals surface area (Å²) in [4.78, 5) is 16.8. The topological polar surface area (TPSA) is 73.0 Å². The lowest BCUT2D eigenvalue weighted by Gasteiger charge is -2.06. The fourth-order valence-corrected chi connectivity index (χ4v) is 2.82. The average Bonchev–Trinajstić information content (AvgIpc) is 3.32. The van der Waals surface area contributed by atoms with Crippen LogP contribution in [0.2, 0.25) is 0 Å². The maximum absolute atomic E-state index is 12.5. The summed E-state index contributed by atoms with van der Waals surface area (Å²) in [6.45, 7) is 2.02. The van der Waals surface area contributed by atoms with E-state index in [1.54, 1.807) is 12.3 Å². The van der Waals surface area contributed by atoms with Crippen LogP contribution < -0.4 is 5.32 Å². The zero-order valence-corrected chi connectivity index (χ0v) is 15.0. The highest BCUT2D eigenvalue weighted by molar-refractivity contribution is 6.03. The number of nitrogens with one attached hydrogen (secondary N) is 1. The molecule has 6 nitrogen and oxygen atoms in total. The molecule has 2 aromatic heterocycles. The Labute approximate surface area is 156 Å². The predicted octanol–water partition coefficient (Wildman–Crippen LogP) is 4.30. The number of amides is 1. The van der Waals surface area contributed by atoms with Gasteiger partial charge in [0.15, 0.2) is 0 Å². The second-order valence-corrected chi connectivity index (χ2v) is 6.34. The van der Waals surface area contributed by atoms with Gasteiger partial charge in [-0.15, -0.1) is 0 Å². The van der Waals surface area contributed by atoms with E-state index in [4.69, 9.17) is 4.52 Å². The summed E-state index contributed by atoms with van der Waals surface area (Å²) in [6, 6.07) is 17.0. The first-order chi connectivity index (χ1) is 13.1. The van der Waals surface area contributed by atoms with E-state index in [1.165, 1.54) is 0 Å². The highest BCUT2D eigenvalue weighted by atomic mass is 16.5. The van der Waals surface area contributed by atoms with Crippen molar-refractivity contribution < 1.29 is 9.32 Å². The van der Waals surface area contributed by atoms with E-state index in [2.05, 4.69) is 15.5 Å². The molecular formula is C21H18N4O2. The molecule has 27 heavy (non-hydrogen) atoms. The molecular weight excluding hydrogens is 340 g/mol. The number of imidazole rings is 1. The fraction of sp³-hybridized carbons (Fsp3) is 0.0952. The van der Waals surface area contributed by atoms with Crippen molar-refractivity contribution >= 4 is 11.6 Å². The van der Waals surface area contributed by atoms with Crippen molar-refractivity contribution in [2.45, 2.75) is 6.92 Å². The Morgan fingerprint density at radius 3 is 2.63 bits per heavy atom. The second kappa shape index (κ2) is 6.92. The maximum atomic E-state index is 12.5. The molecule has 0 aliphatic rings. The molecule has 4 rings (SSSR count). The first-order valence-electron chi connectivity index (χ1n) is 8.53. The number of hydrogen-bond acceptors (Lipinski definition) is 4. The Hall–Kier alpha value is -3.67. The first-order valence-corrected chi connectivity index (χ1v) is 8.53. The van der Waals surface area contributed by atoms with E-state index in [1.807, 2.05) is 73.3 Å². The van der Waals surface area contributed by atoms with Gasteiger partial charge in [-0.2, -0.15) is 0 Å². The molecule has 0 saturated heterocycles. The number of hydrogen-bond donors (Lipinski definition) is 1. The van der Waals surface area contributed by atoms with Crippen molar-refractivity contribution in [3.63, 3.8) is 0 Å². The molecule has 0 unspecified atom stereocenters. The van der Waals surface area contributed by atoms with Gasteiger partial charge in [0.1, 0.15) is 11.5 Å². The summed E-state index contributed by atoms with van der Waals surface area (Å²) in [5.74, 6) is 0.637. The van der Waals surface area contributed by atoms with E-state index < -0.39 is 0 Å². The van der Waals surface area contributed by atoms with Crippen molar-refractivity contribution in [2.75, 3.05) is 5.32 Å². The minimum absolute atomic E-state index is 0.160. The number of aryl methyl sites for hydroxylation is 2. The van der Waals surface area contributed by atoms with E-state index in [-0.39, 0.29) is 11.7 Å². The summed E-state index contributed by atoms with van der Waals surface area (Å²) in [5, 5.41) is 6.84. The van der Waals surface area contributed by atoms with Gasteiger partial charge in [-0.25, -0.2) is 4.98 Å². The van der Waals surface area contributed by atoms with Crippen LogP contribution in [0.25, 0.3) is 22.6 Å². The highest BCUT2D eigenvalue weighted by Crippen LogP contribution is 2.23. The molecule has 0 saturated carbocycles. The van der Waals surface area contributed by atoms with Crippen LogP contribution in [0.3, 0.4) is 0 Å². The minimum atomic E-state index is -0.349. The van der Waals surface area contributed by atoms with Crippen LogP contribution in [0, 0.1) is 6.92 Å². The Morgan fingerprint density at radius 1 is 1.07 bits per heavy atom. The third kappa shape index (κ3) is 3.50. The molecule has 4 aromatic rings. The predicted molar refractivity (Wildman–Crippen MR) is 103 cm³/mol. The van der Waals surface area contributed by atoms with Crippen LogP contribution in [0.5, 0.6) is 0 Å². The monoisotopic (exact) mass is 358 g/mol. The largest absolute Gasteiger partial charge is 0.350 e. The van der Waals surface area contributed by atoms with Crippen LogP contribution in [-0.2, 0) is 7.05 Å². The minimum Gasteiger partial charge on any atom is -0.350 e. The van der Waals surface area contributed by atoms with Crippen LogP contribution in [0.15, 0.2) is 71.5 Å². The van der Waals surface area contributed by atoms with Gasteiger partial charge in [0.25, 0.3) is 5.91 Å². The number of aromatic nitrogens is 3. The number of nitrogens with zero attached hydrogens (tertiary/aromatic N) is 3. The molecule has 0 radical (unpaired) electrons. The SMILES string of the molecule is Cc1ccc(-c2cc(C(=O)Nc3cccc(-c4nccn4C)c3)on2)cc1. The third-order valence-corrected chi connectivity index (χ3v) is 4.28. The van der Waals surface area contributed by atoms with Gasteiger partial charge in [-0.3, -0.25) is 4.79 Å². The summed E-state index contributed by atoms with van der Waals surface area (Å²) in [5.41, 5.74) is 4.27. The van der Waals surface area contributed by atoms with E-state index in [0.717, 1.165) is 22.5 Å². The molecule has 0 spiro atoms. The van der Waals surface area contributed by atoms with Gasteiger partial charge >= 0.3 is 0 Å². The molecule has 1 amide bonds. The number of rotatable bonds is 4. The molecule has 0 fully saturated rings. The molecule has 0 aliphatic heterocycles. The van der Waals surface area contributed by atoms with Crippen LogP contribution in [0.1, 0.15) is 16.1 Å². The Bertz CT molecular complexity index is 1090. The van der Waals surface area contributed by atoms with Crippen LogP contribution in [0.4, 0.5) is 5.69 Å². The molecule has 0 bridgehead atoms. The Balaban J connectivity index is 1.53. The van der Waals surface area contributed by atoms with Gasteiger partial charge in [0.05, 0.1) is 0 Å². The molecule has 2 aromatic carbocycles. The van der Waals surface area contributed by atoms with E-state index in [9.17, 15) is 4.79 Å². The maximum Gasteiger partial charge on any atom is 0.294 e. The van der Waals surface area contributed by atoms with Gasteiger partial charge in [-0.1, -0.05) is 47.1 Å². The quantitative estimate of drug-likeness (QED) is 0.590. The number of carbonyl (C=O) groups excluding carboxylic acids is 1. The first kappa shape index (κ1) is 16.8. The number of benzene rings is 2. The lowest BCUT2D eigenvalue weighted by atomic mass is 10.1. The molecule has 0 aliphatic carbocycles. The van der Waals surface area contributed by atoms with Gasteiger partial charge in [-0.05, 0) is 19.1 Å². The van der Waals surface area contributed by atoms with Crippen LogP contribution >= 0.6 is 0 Å². The lowest BCUT2D eigenvalue weighted by molar-refractivity contribution is 0.0988. The van der Waals surface area contributed by atoms with Crippen molar-refractivity contribution in [3.8, 4) is 22.6 Å². The standard InChI is InChI=1S/C21H18N4O2/c1-14-6-8-15(9-7-14)18-13-19(27-24-18)21(26)23-17-5-3-4-16(12-17)20-22-10-11-25(20)2/h3-13H,1-2H3,(H,23,26). The van der Waals surface area contributed by atoms with Crippen molar-refractivity contribution in [1.82, 2.24) is 14.7 Å². The van der Waals surface area contributed by atoms with Gasteiger partial charge in [0, 0.05) is 42.3 Å². The third-order valence-electron chi connectivity index (χ3n) is 4.28. The zero-order chi connectivity index (χ0) is 18.8. The van der Waals surface area contributed by atoms with E-state index in [0.29, 0.717) is 11.4 Å². The molecule has 0 atom stereocenters. The number of anilines is 1. The number of carbonyl (C=O) groups is 1. The van der Waals surface area contributed by atoms with Crippen molar-refractivity contribution in [1.29, 1.82) is 0 Å². The lowest BCUT2D eigenvalue weighted by Crippen LogP contribution is -2.10. The summed E-state index contributed by atoms with van der Waals surface area (Å²) >= 11 is 0. The average molecular weight is 358 g/mol. The Morgan fingerprint density at radius 2 is 1.89 bits per heavy atom. The fourth-order valence-electron chi connectivity index (χ4n) is 2.82. The van der Waals surface area contributed by atoms with Crippen molar-refractivity contribution in [2.24, 2.45) is 7.05 Å². The molecule has 2 heterocycles. The summed E-state index contributed by atoms with van der Waals surface area (Å²) < 4.78 is 7.15. The normalized spacial score (nSPS) is 10.7. The molecule has 6 heteroatoms. The van der Waals surface area contributed by atoms with Gasteiger partial charge in [0.2, 0.25) is 5.76 Å². The summed E-state index contributed by atoms with van der Waals surface area (Å²) in [7, 11) is 1.93. The smallest absolute Gasteiger partial charge is 0.294 e. The zero-order valence-electron chi connectivity index (χ0n) is 15.0. The molecule has 1 N–H and O–H groups in total.